The number of aliphatic hydroxyl groups excluding tert-OH is 2. The number of halogens is 1. The molecule has 0 amide bonds. The molecule has 3 rings (SSSR count). The largest absolute Gasteiger partial charge is 0.394 e. The van der Waals surface area contributed by atoms with Crippen molar-refractivity contribution in [2.75, 3.05) is 6.61 Å². The lowest BCUT2D eigenvalue weighted by Crippen LogP contribution is -2.24. The van der Waals surface area contributed by atoms with Gasteiger partial charge in [0, 0.05) is 6.42 Å². The number of imidazole rings is 1. The van der Waals surface area contributed by atoms with E-state index in [9.17, 15) is 5.11 Å². The molecule has 2 aromatic rings. The van der Waals surface area contributed by atoms with Gasteiger partial charge in [-0.25, -0.2) is 4.98 Å². The molecular formula is C13H15ClN2O3. The number of hydrogen-bond acceptors (Lipinski definition) is 4. The van der Waals surface area contributed by atoms with Crippen LogP contribution in [0.5, 0.6) is 0 Å². The second-order valence-corrected chi connectivity index (χ2v) is 5.15. The number of aryl methyl sites for hydroxylation is 1. The summed E-state index contributed by atoms with van der Waals surface area (Å²) in [6, 6.07) is 5.82. The topological polar surface area (TPSA) is 67.5 Å². The molecule has 2 N–H and O–H groups in total. The molecule has 6 heteroatoms. The fourth-order valence-corrected chi connectivity index (χ4v) is 2.82. The molecule has 3 atom stereocenters. The Labute approximate surface area is 115 Å². The van der Waals surface area contributed by atoms with Crippen LogP contribution >= 0.6 is 11.6 Å². The third-order valence-electron chi connectivity index (χ3n) is 3.55. The van der Waals surface area contributed by atoms with Crippen LogP contribution in [-0.2, 0) is 4.74 Å². The summed E-state index contributed by atoms with van der Waals surface area (Å²) in [5, 5.41) is 19.3. The molecule has 0 radical (unpaired) electrons. The Morgan fingerprint density at radius 2 is 2.32 bits per heavy atom. The van der Waals surface area contributed by atoms with Crippen LogP contribution in [0.4, 0.5) is 0 Å². The summed E-state index contributed by atoms with van der Waals surface area (Å²) in [4.78, 5) is 4.34. The van der Waals surface area contributed by atoms with E-state index in [1.54, 1.807) is 4.57 Å². The summed E-state index contributed by atoms with van der Waals surface area (Å²) in [7, 11) is 0. The molecular weight excluding hydrogens is 268 g/mol. The molecule has 102 valence electrons. The standard InChI is InChI=1S/C13H15ClN2O3/c1-7-3-2-4-8-12(7)15-13(14)16(8)11-5-9(18)10(6-17)19-11/h2-4,9-11,17-18H,5-6H2,1H3/t9-,10+,11+/m0/s1. The number of para-hydroxylation sites is 1. The van der Waals surface area contributed by atoms with Crippen LogP contribution < -0.4 is 0 Å². The van der Waals surface area contributed by atoms with E-state index in [1.165, 1.54) is 0 Å². The molecule has 0 aliphatic carbocycles. The average molecular weight is 283 g/mol. The lowest BCUT2D eigenvalue weighted by atomic mass is 10.2. The first kappa shape index (κ1) is 12.9. The first-order chi connectivity index (χ1) is 9.11. The quantitative estimate of drug-likeness (QED) is 0.879. The van der Waals surface area contributed by atoms with Crippen molar-refractivity contribution in [1.29, 1.82) is 0 Å². The van der Waals surface area contributed by atoms with E-state index < -0.39 is 18.4 Å². The van der Waals surface area contributed by atoms with Gasteiger partial charge in [0.2, 0.25) is 5.28 Å². The summed E-state index contributed by atoms with van der Waals surface area (Å²) >= 11 is 6.19. The second-order valence-electron chi connectivity index (χ2n) is 4.81. The fourth-order valence-electron chi connectivity index (χ4n) is 2.54. The van der Waals surface area contributed by atoms with Crippen LogP contribution in [0.25, 0.3) is 11.0 Å². The molecule has 1 aromatic heterocycles. The zero-order valence-corrected chi connectivity index (χ0v) is 11.2. The molecule has 0 bridgehead atoms. The van der Waals surface area contributed by atoms with Crippen LogP contribution in [0.15, 0.2) is 18.2 Å². The van der Waals surface area contributed by atoms with Gasteiger partial charge in [0.25, 0.3) is 0 Å². The molecule has 0 saturated carbocycles. The van der Waals surface area contributed by atoms with Gasteiger partial charge in [0.15, 0.2) is 0 Å². The van der Waals surface area contributed by atoms with Gasteiger partial charge in [-0.1, -0.05) is 12.1 Å². The molecule has 1 aliphatic heterocycles. The number of rotatable bonds is 2. The molecule has 0 spiro atoms. The summed E-state index contributed by atoms with van der Waals surface area (Å²) in [5.41, 5.74) is 2.74. The number of ether oxygens (including phenoxy) is 1. The Morgan fingerprint density at radius 3 is 3.00 bits per heavy atom. The third-order valence-corrected chi connectivity index (χ3v) is 3.82. The third kappa shape index (κ3) is 2.03. The minimum atomic E-state index is -0.687. The SMILES string of the molecule is Cc1cccc2c1nc(Cl)n2[C@H]1C[C@H](O)[C@@H](CO)O1. The van der Waals surface area contributed by atoms with Crippen LogP contribution in [0, 0.1) is 6.92 Å². The number of aromatic nitrogens is 2. The Morgan fingerprint density at radius 1 is 1.53 bits per heavy atom. The van der Waals surface area contributed by atoms with Gasteiger partial charge < -0.3 is 14.9 Å². The normalized spacial score (nSPS) is 27.3. The van der Waals surface area contributed by atoms with Crippen molar-refractivity contribution in [2.24, 2.45) is 0 Å². The molecule has 2 heterocycles. The molecule has 1 saturated heterocycles. The van der Waals surface area contributed by atoms with Crippen LogP contribution in [0.3, 0.4) is 0 Å². The lowest BCUT2D eigenvalue weighted by Gasteiger charge is -2.15. The second kappa shape index (κ2) is 4.76. The number of aliphatic hydroxyl groups is 2. The predicted molar refractivity (Wildman–Crippen MR) is 71.1 cm³/mol. The Kier molecular flexibility index (Phi) is 3.22. The lowest BCUT2D eigenvalue weighted by molar-refractivity contribution is -0.0429. The van der Waals surface area contributed by atoms with Crippen molar-refractivity contribution in [1.82, 2.24) is 9.55 Å². The van der Waals surface area contributed by atoms with Gasteiger partial charge >= 0.3 is 0 Å². The molecule has 1 fully saturated rings. The van der Waals surface area contributed by atoms with Gasteiger partial charge in [-0.3, -0.25) is 4.57 Å². The monoisotopic (exact) mass is 282 g/mol. The maximum atomic E-state index is 9.81. The summed E-state index contributed by atoms with van der Waals surface area (Å²) in [6.07, 6.45) is -1.26. The number of nitrogens with zero attached hydrogens (tertiary/aromatic N) is 2. The van der Waals surface area contributed by atoms with E-state index in [1.807, 2.05) is 25.1 Å². The number of fused-ring (bicyclic) bond motifs is 1. The molecule has 0 unspecified atom stereocenters. The fraction of sp³-hybridized carbons (Fsp3) is 0.462. The van der Waals surface area contributed by atoms with Gasteiger partial charge in [0.1, 0.15) is 12.3 Å². The summed E-state index contributed by atoms with van der Waals surface area (Å²) < 4.78 is 7.40. The van der Waals surface area contributed by atoms with Crippen molar-refractivity contribution in [2.45, 2.75) is 31.8 Å². The van der Waals surface area contributed by atoms with E-state index in [0.29, 0.717) is 11.7 Å². The van der Waals surface area contributed by atoms with Gasteiger partial charge in [0.05, 0.1) is 23.7 Å². The zero-order valence-electron chi connectivity index (χ0n) is 10.5. The molecule has 5 nitrogen and oxygen atoms in total. The van der Waals surface area contributed by atoms with Crippen LogP contribution in [0.1, 0.15) is 18.2 Å². The van der Waals surface area contributed by atoms with Gasteiger partial charge in [-0.15, -0.1) is 0 Å². The van der Waals surface area contributed by atoms with Crippen molar-refractivity contribution in [3.05, 3.63) is 29.0 Å². The van der Waals surface area contributed by atoms with Gasteiger partial charge in [-0.05, 0) is 30.2 Å². The van der Waals surface area contributed by atoms with Crippen molar-refractivity contribution in [3.8, 4) is 0 Å². The smallest absolute Gasteiger partial charge is 0.205 e. The maximum absolute atomic E-state index is 9.81. The highest BCUT2D eigenvalue weighted by atomic mass is 35.5. The van der Waals surface area contributed by atoms with Crippen LogP contribution in [0.2, 0.25) is 5.28 Å². The first-order valence-electron chi connectivity index (χ1n) is 6.19. The highest BCUT2D eigenvalue weighted by molar-refractivity contribution is 6.29. The Hall–Kier alpha value is -1.14. The highest BCUT2D eigenvalue weighted by Crippen LogP contribution is 2.34. The van der Waals surface area contributed by atoms with E-state index in [0.717, 1.165) is 16.6 Å². The maximum Gasteiger partial charge on any atom is 0.205 e. The molecule has 1 aromatic carbocycles. The molecule has 19 heavy (non-hydrogen) atoms. The Balaban J connectivity index is 2.06. The average Bonchev–Trinajstić information content (AvgIpc) is 2.90. The summed E-state index contributed by atoms with van der Waals surface area (Å²) in [5.74, 6) is 0. The number of benzene rings is 1. The zero-order chi connectivity index (χ0) is 13.6. The van der Waals surface area contributed by atoms with E-state index in [2.05, 4.69) is 4.98 Å². The van der Waals surface area contributed by atoms with Crippen LogP contribution in [-0.4, -0.2) is 38.6 Å². The highest BCUT2D eigenvalue weighted by Gasteiger charge is 2.36. The molecule has 1 aliphatic rings. The first-order valence-corrected chi connectivity index (χ1v) is 6.57. The van der Waals surface area contributed by atoms with E-state index >= 15 is 0 Å². The minimum Gasteiger partial charge on any atom is -0.394 e. The van der Waals surface area contributed by atoms with Crippen molar-refractivity contribution >= 4 is 22.6 Å². The Bertz CT molecular complexity index is 613. The van der Waals surface area contributed by atoms with Gasteiger partial charge in [-0.2, -0.15) is 0 Å². The van der Waals surface area contributed by atoms with Crippen molar-refractivity contribution < 1.29 is 14.9 Å². The summed E-state index contributed by atoms with van der Waals surface area (Å²) in [6.45, 7) is 1.76. The minimum absolute atomic E-state index is 0.207. The van der Waals surface area contributed by atoms with E-state index in [4.69, 9.17) is 21.4 Å². The predicted octanol–water partition coefficient (Wildman–Crippen LogP) is 1.64. The van der Waals surface area contributed by atoms with Crippen molar-refractivity contribution in [3.63, 3.8) is 0 Å². The number of hydrogen-bond donors (Lipinski definition) is 2. The van der Waals surface area contributed by atoms with E-state index in [-0.39, 0.29) is 6.61 Å².